The van der Waals surface area contributed by atoms with Crippen LogP contribution in [0.3, 0.4) is 0 Å². The Bertz CT molecular complexity index is 1200. The molecule has 4 aromatic carbocycles. The van der Waals surface area contributed by atoms with Gasteiger partial charge in [-0.05, 0) is 34.4 Å². The molecule has 0 radical (unpaired) electrons. The number of nitrogens with one attached hydrogen (secondary N) is 1. The second-order valence-corrected chi connectivity index (χ2v) is 9.00. The Morgan fingerprint density at radius 2 is 1.09 bits per heavy atom. The van der Waals surface area contributed by atoms with E-state index < -0.39 is 17.4 Å². The SMILES string of the molecule is NC(=O)[C@H](Cc1c(Cl)cccc1Cl)NC(=O)C(c1ccccc1)(c1ccccc1)c1ccccc1. The van der Waals surface area contributed by atoms with Crippen molar-refractivity contribution in [2.24, 2.45) is 5.73 Å². The van der Waals surface area contributed by atoms with Crippen LogP contribution in [0.5, 0.6) is 0 Å². The fraction of sp³-hybridized carbons (Fsp3) is 0.103. The minimum Gasteiger partial charge on any atom is -0.368 e. The minimum absolute atomic E-state index is 0.0635. The summed E-state index contributed by atoms with van der Waals surface area (Å²) in [6, 6.07) is 32.5. The Hall–Kier alpha value is -3.60. The fourth-order valence-corrected chi connectivity index (χ4v) is 4.93. The number of rotatable bonds is 8. The number of primary amides is 1. The van der Waals surface area contributed by atoms with Crippen molar-refractivity contribution in [2.75, 3.05) is 0 Å². The van der Waals surface area contributed by atoms with E-state index in [1.165, 1.54) is 0 Å². The van der Waals surface area contributed by atoms with Crippen molar-refractivity contribution in [2.45, 2.75) is 17.9 Å². The highest BCUT2D eigenvalue weighted by Crippen LogP contribution is 2.40. The van der Waals surface area contributed by atoms with Crippen molar-refractivity contribution in [3.05, 3.63) is 141 Å². The van der Waals surface area contributed by atoms with Crippen molar-refractivity contribution < 1.29 is 9.59 Å². The Kier molecular flexibility index (Phi) is 7.54. The van der Waals surface area contributed by atoms with Crippen LogP contribution in [0.4, 0.5) is 0 Å². The van der Waals surface area contributed by atoms with E-state index in [2.05, 4.69) is 5.32 Å². The van der Waals surface area contributed by atoms with Crippen LogP contribution < -0.4 is 11.1 Å². The first-order valence-corrected chi connectivity index (χ1v) is 11.9. The van der Waals surface area contributed by atoms with Gasteiger partial charge in [-0.1, -0.05) is 120 Å². The zero-order valence-corrected chi connectivity index (χ0v) is 20.3. The van der Waals surface area contributed by atoms with Gasteiger partial charge in [-0.2, -0.15) is 0 Å². The summed E-state index contributed by atoms with van der Waals surface area (Å²) in [5.41, 5.74) is 7.34. The molecule has 0 aliphatic carbocycles. The van der Waals surface area contributed by atoms with E-state index in [0.29, 0.717) is 15.6 Å². The predicted molar refractivity (Wildman–Crippen MR) is 140 cm³/mol. The molecule has 0 saturated heterocycles. The fourth-order valence-electron chi connectivity index (χ4n) is 4.38. The summed E-state index contributed by atoms with van der Waals surface area (Å²) >= 11 is 12.7. The number of benzene rings is 4. The number of carbonyl (C=O) groups is 2. The Balaban J connectivity index is 1.86. The third-order valence-corrected chi connectivity index (χ3v) is 6.79. The van der Waals surface area contributed by atoms with Crippen LogP contribution in [-0.2, 0) is 21.4 Å². The van der Waals surface area contributed by atoms with Crippen LogP contribution in [0.2, 0.25) is 10.0 Å². The van der Waals surface area contributed by atoms with E-state index in [4.69, 9.17) is 28.9 Å². The van der Waals surface area contributed by atoms with E-state index in [9.17, 15) is 9.59 Å². The lowest BCUT2D eigenvalue weighted by molar-refractivity contribution is -0.129. The summed E-state index contributed by atoms with van der Waals surface area (Å²) in [7, 11) is 0. The van der Waals surface area contributed by atoms with Crippen LogP contribution in [0, 0.1) is 0 Å². The molecule has 0 unspecified atom stereocenters. The molecule has 4 rings (SSSR count). The second-order valence-electron chi connectivity index (χ2n) is 8.18. The average Bonchev–Trinajstić information content (AvgIpc) is 2.88. The molecule has 4 nitrogen and oxygen atoms in total. The molecule has 0 saturated carbocycles. The molecule has 35 heavy (non-hydrogen) atoms. The minimum atomic E-state index is -1.23. The van der Waals surface area contributed by atoms with E-state index in [1.807, 2.05) is 91.0 Å². The number of amides is 2. The van der Waals surface area contributed by atoms with Crippen LogP contribution in [0.15, 0.2) is 109 Å². The summed E-state index contributed by atoms with van der Waals surface area (Å²) in [6.45, 7) is 0. The summed E-state index contributed by atoms with van der Waals surface area (Å²) in [6.07, 6.45) is 0.0635. The lowest BCUT2D eigenvalue weighted by Gasteiger charge is -2.35. The number of nitrogens with two attached hydrogens (primary N) is 1. The van der Waals surface area contributed by atoms with Crippen LogP contribution in [0.25, 0.3) is 0 Å². The summed E-state index contributed by atoms with van der Waals surface area (Å²) in [5, 5.41) is 3.73. The van der Waals surface area contributed by atoms with Crippen LogP contribution in [0.1, 0.15) is 22.3 Å². The third kappa shape index (κ3) is 4.95. The van der Waals surface area contributed by atoms with Crippen molar-refractivity contribution in [1.29, 1.82) is 0 Å². The van der Waals surface area contributed by atoms with Gasteiger partial charge >= 0.3 is 0 Å². The van der Waals surface area contributed by atoms with Crippen LogP contribution >= 0.6 is 23.2 Å². The maximum Gasteiger partial charge on any atom is 0.240 e. The molecule has 0 bridgehead atoms. The first-order chi connectivity index (χ1) is 16.9. The van der Waals surface area contributed by atoms with Gasteiger partial charge in [-0.3, -0.25) is 9.59 Å². The molecule has 0 heterocycles. The van der Waals surface area contributed by atoms with Gasteiger partial charge in [-0.15, -0.1) is 0 Å². The van der Waals surface area contributed by atoms with Gasteiger partial charge in [0, 0.05) is 16.5 Å². The van der Waals surface area contributed by atoms with E-state index >= 15 is 0 Å². The van der Waals surface area contributed by atoms with Crippen molar-refractivity contribution in [1.82, 2.24) is 5.32 Å². The maximum atomic E-state index is 14.4. The van der Waals surface area contributed by atoms with Crippen molar-refractivity contribution >= 4 is 35.0 Å². The lowest BCUT2D eigenvalue weighted by Crippen LogP contribution is -2.54. The molecule has 4 aromatic rings. The first kappa shape index (κ1) is 24.5. The van der Waals surface area contributed by atoms with Gasteiger partial charge in [0.05, 0.1) is 0 Å². The third-order valence-electron chi connectivity index (χ3n) is 6.08. The van der Waals surface area contributed by atoms with E-state index in [1.54, 1.807) is 18.2 Å². The molecular formula is C29H24Cl2N2O2. The first-order valence-electron chi connectivity index (χ1n) is 11.1. The zero-order chi connectivity index (χ0) is 24.8. The lowest BCUT2D eigenvalue weighted by atomic mass is 9.68. The maximum absolute atomic E-state index is 14.4. The van der Waals surface area contributed by atoms with Gasteiger partial charge in [0.1, 0.15) is 11.5 Å². The van der Waals surface area contributed by atoms with E-state index in [0.717, 1.165) is 16.7 Å². The highest BCUT2D eigenvalue weighted by molar-refractivity contribution is 6.36. The Labute approximate surface area is 214 Å². The standard InChI is InChI=1S/C29H24Cl2N2O2/c30-24-17-10-18-25(31)23(24)19-26(27(32)34)33-28(35)29(20-11-4-1-5-12-20,21-13-6-2-7-14-21)22-15-8-3-9-16-22/h1-18,26H,19H2,(H2,32,34)(H,33,35)/t26-/m0/s1. The molecular weight excluding hydrogens is 479 g/mol. The van der Waals surface area contributed by atoms with Crippen molar-refractivity contribution in [3.8, 4) is 0 Å². The molecule has 6 heteroatoms. The molecule has 3 N–H and O–H groups in total. The quantitative estimate of drug-likeness (QED) is 0.310. The molecule has 0 aromatic heterocycles. The smallest absolute Gasteiger partial charge is 0.240 e. The highest BCUT2D eigenvalue weighted by Gasteiger charge is 2.44. The van der Waals surface area contributed by atoms with Gasteiger partial charge in [0.2, 0.25) is 11.8 Å². The van der Waals surface area contributed by atoms with Gasteiger partial charge in [0.25, 0.3) is 0 Å². The van der Waals surface area contributed by atoms with Gasteiger partial charge in [0.15, 0.2) is 0 Å². The predicted octanol–water partition coefficient (Wildman–Crippen LogP) is 5.54. The molecule has 0 spiro atoms. The summed E-state index contributed by atoms with van der Waals surface area (Å²) < 4.78 is 0. The Morgan fingerprint density at radius 1 is 0.686 bits per heavy atom. The van der Waals surface area contributed by atoms with E-state index in [-0.39, 0.29) is 12.3 Å². The molecule has 0 aliphatic rings. The number of hydrogen-bond donors (Lipinski definition) is 2. The second kappa shape index (κ2) is 10.8. The highest BCUT2D eigenvalue weighted by atomic mass is 35.5. The van der Waals surface area contributed by atoms with Crippen molar-refractivity contribution in [3.63, 3.8) is 0 Å². The number of hydrogen-bond acceptors (Lipinski definition) is 2. The zero-order valence-electron chi connectivity index (χ0n) is 18.8. The molecule has 2 amide bonds. The van der Waals surface area contributed by atoms with Crippen LogP contribution in [-0.4, -0.2) is 17.9 Å². The normalized spacial score (nSPS) is 12.1. The van der Waals surface area contributed by atoms with Gasteiger partial charge in [-0.25, -0.2) is 0 Å². The summed E-state index contributed by atoms with van der Waals surface area (Å²) in [4.78, 5) is 26.9. The number of carbonyl (C=O) groups excluding carboxylic acids is 2. The Morgan fingerprint density at radius 3 is 1.46 bits per heavy atom. The molecule has 0 fully saturated rings. The summed E-state index contributed by atoms with van der Waals surface area (Å²) in [5.74, 6) is -1.06. The monoisotopic (exact) mass is 502 g/mol. The average molecular weight is 503 g/mol. The molecule has 176 valence electrons. The number of halogens is 2. The molecule has 0 aliphatic heterocycles. The van der Waals surface area contributed by atoms with Gasteiger partial charge < -0.3 is 11.1 Å². The molecule has 1 atom stereocenters. The topological polar surface area (TPSA) is 72.2 Å². The largest absolute Gasteiger partial charge is 0.368 e.